The van der Waals surface area contributed by atoms with E-state index in [4.69, 9.17) is 0 Å². The van der Waals surface area contributed by atoms with Crippen LogP contribution in [0.25, 0.3) is 0 Å². The summed E-state index contributed by atoms with van der Waals surface area (Å²) in [7, 11) is -0.593. The number of nitrogens with zero attached hydrogens (tertiary/aromatic N) is 1. The van der Waals surface area contributed by atoms with Gasteiger partial charge in [-0.05, 0) is 24.8 Å². The van der Waals surface area contributed by atoms with E-state index in [0.29, 0.717) is 6.42 Å². The molecule has 0 aliphatic rings. The predicted molar refractivity (Wildman–Crippen MR) is 94.0 cm³/mol. The van der Waals surface area contributed by atoms with Crippen LogP contribution in [-0.4, -0.2) is 63.5 Å². The van der Waals surface area contributed by atoms with Crippen molar-refractivity contribution in [1.29, 1.82) is 0 Å². The zero-order valence-corrected chi connectivity index (χ0v) is 15.8. The molecule has 0 aliphatic heterocycles. The van der Waals surface area contributed by atoms with Gasteiger partial charge in [0.15, 0.2) is 0 Å². The first-order chi connectivity index (χ1) is 11.7. The molecule has 0 bridgehead atoms. The molecule has 0 aromatic carbocycles. The molecule has 2 N–H and O–H groups in total. The standard InChI is InChI=1S/C14H21N3O6S2/c1-4-25(21,22)17(2)8-5-7-15-11(18)12(19)16-13-10(6-9-24-13)14(20)23-3/h6,9H,4-5,7-8H2,1-3H3,(H,15,18)(H,16,19). The molecule has 2 amide bonds. The normalized spacial score (nSPS) is 11.2. The summed E-state index contributed by atoms with van der Waals surface area (Å²) in [5.41, 5.74) is 0.167. The molecule has 0 fully saturated rings. The van der Waals surface area contributed by atoms with Gasteiger partial charge in [0, 0.05) is 20.1 Å². The first-order valence-corrected chi connectivity index (χ1v) is 9.90. The van der Waals surface area contributed by atoms with Gasteiger partial charge in [0.1, 0.15) is 5.00 Å². The van der Waals surface area contributed by atoms with Crippen LogP contribution in [0.4, 0.5) is 5.00 Å². The highest BCUT2D eigenvalue weighted by atomic mass is 32.2. The number of thiophene rings is 1. The minimum atomic E-state index is -3.27. The molecule has 0 unspecified atom stereocenters. The van der Waals surface area contributed by atoms with E-state index >= 15 is 0 Å². The molecule has 0 saturated heterocycles. The lowest BCUT2D eigenvalue weighted by atomic mass is 10.3. The van der Waals surface area contributed by atoms with Gasteiger partial charge in [0.05, 0.1) is 18.4 Å². The number of ether oxygens (including phenoxy) is 1. The molecular formula is C14H21N3O6S2. The fourth-order valence-corrected chi connectivity index (χ4v) is 3.40. The number of methoxy groups -OCH3 is 1. The van der Waals surface area contributed by atoms with Gasteiger partial charge < -0.3 is 15.4 Å². The van der Waals surface area contributed by atoms with Crippen molar-refractivity contribution in [2.24, 2.45) is 0 Å². The number of hydrogen-bond acceptors (Lipinski definition) is 7. The summed E-state index contributed by atoms with van der Waals surface area (Å²) in [4.78, 5) is 35.1. The second kappa shape index (κ2) is 9.49. The smallest absolute Gasteiger partial charge is 0.340 e. The van der Waals surface area contributed by atoms with Crippen molar-refractivity contribution in [3.63, 3.8) is 0 Å². The quantitative estimate of drug-likeness (QED) is 0.372. The van der Waals surface area contributed by atoms with Crippen molar-refractivity contribution in [3.05, 3.63) is 17.0 Å². The van der Waals surface area contributed by atoms with Crippen molar-refractivity contribution in [1.82, 2.24) is 9.62 Å². The van der Waals surface area contributed by atoms with Crippen LogP contribution in [0.2, 0.25) is 0 Å². The predicted octanol–water partition coefficient (Wildman–Crippen LogP) is 0.261. The highest BCUT2D eigenvalue weighted by Crippen LogP contribution is 2.23. The summed E-state index contributed by atoms with van der Waals surface area (Å²) in [6, 6.07) is 1.48. The van der Waals surface area contributed by atoms with E-state index in [-0.39, 0.29) is 29.4 Å². The molecule has 140 valence electrons. The number of carbonyl (C=O) groups is 3. The van der Waals surface area contributed by atoms with E-state index in [1.807, 2.05) is 0 Å². The molecule has 0 radical (unpaired) electrons. The van der Waals surface area contributed by atoms with Crippen molar-refractivity contribution >= 4 is 44.1 Å². The third-order valence-corrected chi connectivity index (χ3v) is 5.97. The molecule has 11 heteroatoms. The van der Waals surface area contributed by atoms with Crippen molar-refractivity contribution < 1.29 is 27.5 Å². The Morgan fingerprint density at radius 2 is 1.96 bits per heavy atom. The molecule has 1 rings (SSSR count). The Hall–Kier alpha value is -1.98. The second-order valence-electron chi connectivity index (χ2n) is 4.94. The van der Waals surface area contributed by atoms with Crippen LogP contribution in [0.3, 0.4) is 0 Å². The lowest BCUT2D eigenvalue weighted by Crippen LogP contribution is -2.37. The maximum absolute atomic E-state index is 11.8. The SMILES string of the molecule is CCS(=O)(=O)N(C)CCCNC(=O)C(=O)Nc1sccc1C(=O)OC. The minimum Gasteiger partial charge on any atom is -0.465 e. The summed E-state index contributed by atoms with van der Waals surface area (Å²) >= 11 is 1.09. The third-order valence-electron chi connectivity index (χ3n) is 3.28. The Kier molecular flexibility index (Phi) is 8.00. The monoisotopic (exact) mass is 391 g/mol. The molecule has 0 aliphatic carbocycles. The van der Waals surface area contributed by atoms with Gasteiger partial charge in [0.2, 0.25) is 10.0 Å². The Morgan fingerprint density at radius 3 is 2.56 bits per heavy atom. The number of hydrogen-bond donors (Lipinski definition) is 2. The van der Waals surface area contributed by atoms with Crippen molar-refractivity contribution in [2.75, 3.05) is 38.3 Å². The average Bonchev–Trinajstić information content (AvgIpc) is 3.05. The maximum Gasteiger partial charge on any atom is 0.340 e. The van der Waals surface area contributed by atoms with Crippen LogP contribution in [-0.2, 0) is 24.3 Å². The van der Waals surface area contributed by atoms with Gasteiger partial charge in [0.25, 0.3) is 0 Å². The summed E-state index contributed by atoms with van der Waals surface area (Å²) in [5, 5.41) is 6.56. The topological polar surface area (TPSA) is 122 Å². The molecule has 0 atom stereocenters. The largest absolute Gasteiger partial charge is 0.465 e. The van der Waals surface area contributed by atoms with Crippen LogP contribution in [0.1, 0.15) is 23.7 Å². The third kappa shape index (κ3) is 6.11. The lowest BCUT2D eigenvalue weighted by molar-refractivity contribution is -0.136. The Bertz CT molecular complexity index is 729. The molecule has 1 heterocycles. The molecule has 1 aromatic rings. The van der Waals surface area contributed by atoms with E-state index in [0.717, 1.165) is 11.3 Å². The van der Waals surface area contributed by atoms with Crippen LogP contribution in [0.15, 0.2) is 11.4 Å². The van der Waals surface area contributed by atoms with Gasteiger partial charge in [-0.15, -0.1) is 11.3 Å². The molecule has 1 aromatic heterocycles. The van der Waals surface area contributed by atoms with Crippen LogP contribution in [0.5, 0.6) is 0 Å². The van der Waals surface area contributed by atoms with Crippen molar-refractivity contribution in [2.45, 2.75) is 13.3 Å². The van der Waals surface area contributed by atoms with Crippen molar-refractivity contribution in [3.8, 4) is 0 Å². The first kappa shape index (κ1) is 21.1. The van der Waals surface area contributed by atoms with Crippen LogP contribution < -0.4 is 10.6 Å². The molecular weight excluding hydrogens is 370 g/mol. The van der Waals surface area contributed by atoms with Gasteiger partial charge in [-0.3, -0.25) is 9.59 Å². The van der Waals surface area contributed by atoms with E-state index in [1.165, 1.54) is 24.5 Å². The Balaban J connectivity index is 2.45. The minimum absolute atomic E-state index is 0.00159. The molecule has 25 heavy (non-hydrogen) atoms. The molecule has 0 spiro atoms. The summed E-state index contributed by atoms with van der Waals surface area (Å²) in [6.45, 7) is 1.92. The van der Waals surface area contributed by atoms with Crippen LogP contribution in [0, 0.1) is 0 Å². The fourth-order valence-electron chi connectivity index (χ4n) is 1.78. The first-order valence-electron chi connectivity index (χ1n) is 7.42. The number of sulfonamides is 1. The van der Waals surface area contributed by atoms with E-state index in [9.17, 15) is 22.8 Å². The molecule has 0 saturated carbocycles. The van der Waals surface area contributed by atoms with E-state index in [1.54, 1.807) is 12.3 Å². The number of amides is 2. The highest BCUT2D eigenvalue weighted by molar-refractivity contribution is 7.89. The Morgan fingerprint density at radius 1 is 1.28 bits per heavy atom. The number of rotatable bonds is 8. The highest BCUT2D eigenvalue weighted by Gasteiger charge is 2.19. The summed E-state index contributed by atoms with van der Waals surface area (Å²) < 4.78 is 28.9. The number of carbonyl (C=O) groups excluding carboxylic acids is 3. The van der Waals surface area contributed by atoms with Gasteiger partial charge in [-0.2, -0.15) is 0 Å². The second-order valence-corrected chi connectivity index (χ2v) is 8.22. The lowest BCUT2D eigenvalue weighted by Gasteiger charge is -2.15. The summed E-state index contributed by atoms with van der Waals surface area (Å²) in [6.07, 6.45) is 0.362. The Labute approximate surface area is 150 Å². The number of esters is 1. The fraction of sp³-hybridized carbons (Fsp3) is 0.500. The van der Waals surface area contributed by atoms with Gasteiger partial charge in [-0.25, -0.2) is 17.5 Å². The van der Waals surface area contributed by atoms with E-state index < -0.39 is 27.8 Å². The number of anilines is 1. The van der Waals surface area contributed by atoms with Gasteiger partial charge in [-0.1, -0.05) is 0 Å². The van der Waals surface area contributed by atoms with E-state index in [2.05, 4.69) is 15.4 Å². The van der Waals surface area contributed by atoms with Gasteiger partial charge >= 0.3 is 17.8 Å². The maximum atomic E-state index is 11.8. The van der Waals surface area contributed by atoms with Crippen LogP contribution >= 0.6 is 11.3 Å². The molecule has 9 nitrogen and oxygen atoms in total. The zero-order chi connectivity index (χ0) is 19.0. The average molecular weight is 391 g/mol. The zero-order valence-electron chi connectivity index (χ0n) is 14.2. The summed E-state index contributed by atoms with van der Waals surface area (Å²) in [5.74, 6) is -2.40. The number of nitrogens with one attached hydrogen (secondary N) is 2.